The fraction of sp³-hybridized carbons (Fsp3) is 0.847. The first-order valence-corrected chi connectivity index (χ1v) is 30.5. The summed E-state index contributed by atoms with van der Waals surface area (Å²) in [6.45, 7) is 4.81. The monoisotopic (exact) mass is 978 g/mol. The van der Waals surface area contributed by atoms with Crippen molar-refractivity contribution in [1.29, 1.82) is 0 Å². The fourth-order valence-electron chi connectivity index (χ4n) is 8.42. The van der Waals surface area contributed by atoms with Crippen LogP contribution in [-0.4, -0.2) is 73.4 Å². The summed E-state index contributed by atoms with van der Waals surface area (Å²) in [5, 5.41) is 13.9. The van der Waals surface area contributed by atoms with Gasteiger partial charge in [0.15, 0.2) is 0 Å². The second-order valence-corrected chi connectivity index (χ2v) is 22.4. The van der Waals surface area contributed by atoms with Crippen molar-refractivity contribution in [2.24, 2.45) is 0 Å². The SMILES string of the molecule is CCCCCCCCCC/C=C\CCCCCCCCCCCCCCCCCC(=O)NC(COP(=O)(O)OCC[N+](C)(C)C)C(O)/C=C/CC/C=C/CC/C=C/CCCCCCCCCCC. The van der Waals surface area contributed by atoms with Crippen molar-refractivity contribution in [2.45, 2.75) is 283 Å². The van der Waals surface area contributed by atoms with Crippen LogP contribution in [0.4, 0.5) is 0 Å². The van der Waals surface area contributed by atoms with Crippen LogP contribution in [0.3, 0.4) is 0 Å². The third-order valence-electron chi connectivity index (χ3n) is 13.0. The summed E-state index contributed by atoms with van der Waals surface area (Å²) in [6.07, 6.45) is 66.5. The Morgan fingerprint density at radius 3 is 1.18 bits per heavy atom. The number of likely N-dealkylation sites (N-methyl/N-ethyl adjacent to an activating group) is 1. The maximum absolute atomic E-state index is 13.0. The van der Waals surface area contributed by atoms with Crippen LogP contribution < -0.4 is 5.32 Å². The van der Waals surface area contributed by atoms with Gasteiger partial charge >= 0.3 is 7.82 Å². The third-order valence-corrected chi connectivity index (χ3v) is 14.0. The molecule has 0 aliphatic rings. The zero-order valence-electron chi connectivity index (χ0n) is 45.6. The van der Waals surface area contributed by atoms with Crippen LogP contribution in [0.25, 0.3) is 0 Å². The lowest BCUT2D eigenvalue weighted by molar-refractivity contribution is -0.870. The second-order valence-electron chi connectivity index (χ2n) is 21.0. The van der Waals surface area contributed by atoms with Crippen molar-refractivity contribution in [1.82, 2.24) is 5.32 Å². The van der Waals surface area contributed by atoms with E-state index in [9.17, 15) is 19.4 Å². The van der Waals surface area contributed by atoms with Gasteiger partial charge in [-0.3, -0.25) is 13.8 Å². The molecule has 0 aliphatic carbocycles. The first-order valence-electron chi connectivity index (χ1n) is 29.0. The Balaban J connectivity index is 4.22. The van der Waals surface area contributed by atoms with E-state index in [-0.39, 0.29) is 19.1 Å². The van der Waals surface area contributed by atoms with Gasteiger partial charge in [-0.25, -0.2) is 4.57 Å². The lowest BCUT2D eigenvalue weighted by atomic mass is 10.0. The van der Waals surface area contributed by atoms with E-state index in [0.29, 0.717) is 17.4 Å². The lowest BCUT2D eigenvalue weighted by Gasteiger charge is -2.25. The van der Waals surface area contributed by atoms with Crippen LogP contribution in [-0.2, 0) is 18.4 Å². The molecule has 0 spiro atoms. The molecule has 0 aromatic rings. The number of carbonyl (C=O) groups is 1. The average Bonchev–Trinajstić information content (AvgIpc) is 3.30. The van der Waals surface area contributed by atoms with Gasteiger partial charge in [-0.15, -0.1) is 0 Å². The van der Waals surface area contributed by atoms with Gasteiger partial charge in [0.25, 0.3) is 0 Å². The molecule has 0 bridgehead atoms. The van der Waals surface area contributed by atoms with E-state index < -0.39 is 20.0 Å². The van der Waals surface area contributed by atoms with Crippen LogP contribution in [0.5, 0.6) is 0 Å². The number of unbranched alkanes of at least 4 members (excludes halogenated alkanes) is 34. The minimum Gasteiger partial charge on any atom is -0.387 e. The first kappa shape index (κ1) is 66.5. The maximum Gasteiger partial charge on any atom is 0.472 e. The number of amides is 1. The smallest absolute Gasteiger partial charge is 0.387 e. The number of allylic oxidation sites excluding steroid dienone is 7. The molecule has 3 N–H and O–H groups in total. The number of phosphoric ester groups is 1. The second kappa shape index (κ2) is 50.4. The van der Waals surface area contributed by atoms with E-state index in [1.807, 2.05) is 27.2 Å². The van der Waals surface area contributed by atoms with Gasteiger partial charge in [0, 0.05) is 6.42 Å². The zero-order chi connectivity index (χ0) is 49.9. The molecular formula is C59H114N2O6P+. The van der Waals surface area contributed by atoms with Crippen LogP contribution in [0.15, 0.2) is 48.6 Å². The highest BCUT2D eigenvalue weighted by atomic mass is 31.2. The van der Waals surface area contributed by atoms with Crippen LogP contribution in [0.1, 0.15) is 271 Å². The highest BCUT2D eigenvalue weighted by Crippen LogP contribution is 2.43. The predicted octanol–water partition coefficient (Wildman–Crippen LogP) is 17.5. The lowest BCUT2D eigenvalue weighted by Crippen LogP contribution is -2.45. The molecule has 0 fully saturated rings. The number of quaternary nitrogens is 1. The quantitative estimate of drug-likeness (QED) is 0.0243. The molecule has 0 aromatic carbocycles. The summed E-state index contributed by atoms with van der Waals surface area (Å²) in [4.78, 5) is 23.3. The molecule has 3 atom stereocenters. The molecule has 0 radical (unpaired) electrons. The number of aliphatic hydroxyl groups excluding tert-OH is 1. The van der Waals surface area contributed by atoms with Gasteiger partial charge in [-0.05, 0) is 70.6 Å². The molecule has 0 heterocycles. The molecule has 0 aliphatic heterocycles. The molecule has 8 nitrogen and oxygen atoms in total. The van der Waals surface area contributed by atoms with Crippen molar-refractivity contribution >= 4 is 13.7 Å². The Hall–Kier alpha value is -1.54. The largest absolute Gasteiger partial charge is 0.472 e. The summed E-state index contributed by atoms with van der Waals surface area (Å²) in [7, 11) is 1.55. The minimum absolute atomic E-state index is 0.0537. The van der Waals surface area contributed by atoms with Gasteiger partial charge in [0.2, 0.25) is 5.91 Å². The molecular weight excluding hydrogens is 864 g/mol. The molecule has 68 heavy (non-hydrogen) atoms. The van der Waals surface area contributed by atoms with Crippen molar-refractivity contribution in [3.05, 3.63) is 48.6 Å². The van der Waals surface area contributed by atoms with Gasteiger partial charge in [-0.1, -0.05) is 242 Å². The zero-order valence-corrected chi connectivity index (χ0v) is 46.5. The Bertz CT molecular complexity index is 1250. The molecule has 400 valence electrons. The van der Waals surface area contributed by atoms with Crippen molar-refractivity contribution in [3.8, 4) is 0 Å². The Kier molecular flexibility index (Phi) is 49.3. The third kappa shape index (κ3) is 52.3. The topological polar surface area (TPSA) is 105 Å². The summed E-state index contributed by atoms with van der Waals surface area (Å²) < 4.78 is 23.7. The number of carbonyl (C=O) groups excluding carboxylic acids is 1. The normalized spacial score (nSPS) is 14.3. The maximum atomic E-state index is 13.0. The molecule has 0 saturated heterocycles. The number of phosphoric acid groups is 1. The molecule has 0 rings (SSSR count). The number of hydrogen-bond donors (Lipinski definition) is 3. The Labute approximate surface area is 422 Å². The molecule has 3 unspecified atom stereocenters. The predicted molar refractivity (Wildman–Crippen MR) is 295 cm³/mol. The average molecular weight is 979 g/mol. The van der Waals surface area contributed by atoms with Crippen LogP contribution in [0.2, 0.25) is 0 Å². The van der Waals surface area contributed by atoms with E-state index in [4.69, 9.17) is 9.05 Å². The minimum atomic E-state index is -4.36. The Morgan fingerprint density at radius 1 is 0.485 bits per heavy atom. The van der Waals surface area contributed by atoms with Gasteiger partial charge in [0.05, 0.1) is 39.9 Å². The summed E-state index contributed by atoms with van der Waals surface area (Å²) >= 11 is 0. The summed E-state index contributed by atoms with van der Waals surface area (Å²) in [6, 6.07) is -0.870. The molecule has 9 heteroatoms. The van der Waals surface area contributed by atoms with E-state index in [1.165, 1.54) is 205 Å². The number of nitrogens with one attached hydrogen (secondary N) is 1. The van der Waals surface area contributed by atoms with Gasteiger partial charge < -0.3 is 19.8 Å². The number of hydrogen-bond acceptors (Lipinski definition) is 5. The Morgan fingerprint density at radius 2 is 0.809 bits per heavy atom. The fourth-order valence-corrected chi connectivity index (χ4v) is 9.16. The van der Waals surface area contributed by atoms with E-state index in [1.54, 1.807) is 6.08 Å². The van der Waals surface area contributed by atoms with E-state index in [2.05, 4.69) is 55.6 Å². The van der Waals surface area contributed by atoms with E-state index in [0.717, 1.165) is 44.9 Å². The molecule has 1 amide bonds. The first-order chi connectivity index (χ1) is 33.0. The van der Waals surface area contributed by atoms with Gasteiger partial charge in [-0.2, -0.15) is 0 Å². The summed E-state index contributed by atoms with van der Waals surface area (Å²) in [5.41, 5.74) is 0. The van der Waals surface area contributed by atoms with Gasteiger partial charge in [0.1, 0.15) is 13.2 Å². The van der Waals surface area contributed by atoms with Crippen molar-refractivity contribution in [2.75, 3.05) is 40.9 Å². The van der Waals surface area contributed by atoms with Crippen LogP contribution >= 0.6 is 7.82 Å². The van der Waals surface area contributed by atoms with Crippen molar-refractivity contribution in [3.63, 3.8) is 0 Å². The molecule has 0 saturated carbocycles. The standard InChI is InChI=1S/C59H113N2O6P/c1-6-8-10-12-14-16-18-20-22-24-26-27-28-29-30-31-32-33-35-37-39-41-43-45-47-49-51-53-59(63)60-57(56-67-68(64,65)66-55-54-61(3,4)5)58(62)52-50-48-46-44-42-40-38-36-34-25-23-21-19-17-15-13-11-9-7-2/h24,26,34,36,42,44,50,52,57-58,62H,6-23,25,27-33,35,37-41,43,45-49,51,53-56H2,1-5H3,(H-,60,63,64,65)/p+1/b26-24-,36-34+,44-42+,52-50+. The highest BCUT2D eigenvalue weighted by molar-refractivity contribution is 7.47. The number of rotatable bonds is 53. The number of nitrogens with zero attached hydrogens (tertiary/aromatic N) is 1. The van der Waals surface area contributed by atoms with E-state index >= 15 is 0 Å². The summed E-state index contributed by atoms with van der Waals surface area (Å²) in [5.74, 6) is -0.188. The number of aliphatic hydroxyl groups is 1. The van der Waals surface area contributed by atoms with Crippen LogP contribution in [0, 0.1) is 0 Å². The van der Waals surface area contributed by atoms with Crippen molar-refractivity contribution < 1.29 is 32.9 Å². The highest BCUT2D eigenvalue weighted by Gasteiger charge is 2.27. The molecule has 0 aromatic heterocycles.